The number of hydrogen-bond acceptors (Lipinski definition) is 4. The fourth-order valence-corrected chi connectivity index (χ4v) is 3.02. The Labute approximate surface area is 136 Å². The van der Waals surface area contributed by atoms with Gasteiger partial charge < -0.3 is 8.83 Å². The van der Waals surface area contributed by atoms with Crippen LogP contribution in [0.4, 0.5) is 0 Å². The van der Waals surface area contributed by atoms with Crippen molar-refractivity contribution in [1.29, 1.82) is 0 Å². The van der Waals surface area contributed by atoms with Gasteiger partial charge in [0.2, 0.25) is 0 Å². The van der Waals surface area contributed by atoms with Crippen molar-refractivity contribution in [3.63, 3.8) is 0 Å². The average Bonchev–Trinajstić information content (AvgIpc) is 3.10. The van der Waals surface area contributed by atoms with Crippen LogP contribution in [0, 0.1) is 0 Å². The molecule has 5 aromatic rings. The lowest BCUT2D eigenvalue weighted by atomic mass is 10.1. The van der Waals surface area contributed by atoms with Crippen LogP contribution in [0.5, 0.6) is 0 Å². The molecule has 0 atom stereocenters. The fourth-order valence-electron chi connectivity index (χ4n) is 3.02. The van der Waals surface area contributed by atoms with Gasteiger partial charge in [-0.3, -0.25) is 0 Å². The first-order valence-electron chi connectivity index (χ1n) is 7.60. The van der Waals surface area contributed by atoms with E-state index in [1.54, 1.807) is 12.3 Å². The van der Waals surface area contributed by atoms with Crippen molar-refractivity contribution in [2.24, 2.45) is 0 Å². The molecule has 24 heavy (non-hydrogen) atoms. The molecule has 0 saturated heterocycles. The third kappa shape index (κ3) is 1.86. The van der Waals surface area contributed by atoms with Crippen molar-refractivity contribution in [1.82, 2.24) is 4.98 Å². The summed E-state index contributed by atoms with van der Waals surface area (Å²) in [5.41, 5.74) is 2.82. The van der Waals surface area contributed by atoms with Crippen LogP contribution < -0.4 is 5.63 Å². The summed E-state index contributed by atoms with van der Waals surface area (Å²) in [6.07, 6.45) is 1.64. The normalized spacial score (nSPS) is 11.5. The number of furan rings is 1. The van der Waals surface area contributed by atoms with E-state index in [1.165, 1.54) is 0 Å². The molecule has 0 N–H and O–H groups in total. The van der Waals surface area contributed by atoms with Crippen molar-refractivity contribution < 1.29 is 8.83 Å². The van der Waals surface area contributed by atoms with Crippen LogP contribution in [-0.4, -0.2) is 4.98 Å². The molecule has 0 spiro atoms. The van der Waals surface area contributed by atoms with Crippen LogP contribution in [0.15, 0.2) is 80.6 Å². The standard InChI is InChI=1S/C20H11NO3/c22-20-15(11-13-3-1-2-4-17(13)24-20)16-7-5-12-6-8-18-14(9-10-23-18)19(12)21-16/h1-11H. The van der Waals surface area contributed by atoms with Crippen LogP contribution in [0.1, 0.15) is 0 Å². The Morgan fingerprint density at radius 1 is 0.833 bits per heavy atom. The third-order valence-electron chi connectivity index (χ3n) is 4.21. The Balaban J connectivity index is 1.82. The van der Waals surface area contributed by atoms with Crippen molar-refractivity contribution in [3.8, 4) is 11.3 Å². The molecule has 5 rings (SSSR count). The second-order valence-electron chi connectivity index (χ2n) is 5.65. The van der Waals surface area contributed by atoms with Crippen LogP contribution in [-0.2, 0) is 0 Å². The Morgan fingerprint density at radius 2 is 1.71 bits per heavy atom. The van der Waals surface area contributed by atoms with Gasteiger partial charge in [-0.1, -0.05) is 24.3 Å². The van der Waals surface area contributed by atoms with Gasteiger partial charge in [0, 0.05) is 16.2 Å². The number of aromatic nitrogens is 1. The molecule has 0 radical (unpaired) electrons. The van der Waals surface area contributed by atoms with Crippen molar-refractivity contribution >= 4 is 32.8 Å². The Hall–Kier alpha value is -3.40. The largest absolute Gasteiger partial charge is 0.464 e. The van der Waals surface area contributed by atoms with E-state index in [4.69, 9.17) is 13.8 Å². The predicted molar refractivity (Wildman–Crippen MR) is 93.0 cm³/mol. The summed E-state index contributed by atoms with van der Waals surface area (Å²) in [4.78, 5) is 17.1. The third-order valence-corrected chi connectivity index (χ3v) is 4.21. The zero-order chi connectivity index (χ0) is 16.1. The molecule has 3 heterocycles. The van der Waals surface area contributed by atoms with Crippen LogP contribution in [0.3, 0.4) is 0 Å². The highest BCUT2D eigenvalue weighted by Gasteiger charge is 2.11. The second kappa shape index (κ2) is 4.80. The van der Waals surface area contributed by atoms with Crippen molar-refractivity contribution in [3.05, 3.63) is 77.3 Å². The van der Waals surface area contributed by atoms with Gasteiger partial charge >= 0.3 is 5.63 Å². The van der Waals surface area contributed by atoms with Gasteiger partial charge in [-0.05, 0) is 36.4 Å². The van der Waals surface area contributed by atoms with Crippen LogP contribution in [0.2, 0.25) is 0 Å². The summed E-state index contributed by atoms with van der Waals surface area (Å²) in [6.45, 7) is 0. The Morgan fingerprint density at radius 3 is 2.67 bits per heavy atom. The minimum absolute atomic E-state index is 0.389. The molecule has 0 amide bonds. The maximum atomic E-state index is 12.4. The first-order chi connectivity index (χ1) is 11.8. The highest BCUT2D eigenvalue weighted by Crippen LogP contribution is 2.27. The van der Waals surface area contributed by atoms with Gasteiger partial charge in [0.05, 0.1) is 23.0 Å². The predicted octanol–water partition coefficient (Wildman–Crippen LogP) is 4.75. The van der Waals surface area contributed by atoms with E-state index in [0.29, 0.717) is 16.8 Å². The van der Waals surface area contributed by atoms with Gasteiger partial charge in [0.15, 0.2) is 0 Å². The van der Waals surface area contributed by atoms with E-state index in [9.17, 15) is 4.79 Å². The zero-order valence-corrected chi connectivity index (χ0v) is 12.5. The van der Waals surface area contributed by atoms with E-state index in [0.717, 1.165) is 27.3 Å². The van der Waals surface area contributed by atoms with E-state index in [2.05, 4.69) is 0 Å². The number of hydrogen-bond donors (Lipinski definition) is 0. The number of para-hydroxylation sites is 1. The van der Waals surface area contributed by atoms with Gasteiger partial charge in [-0.2, -0.15) is 0 Å². The summed E-state index contributed by atoms with van der Waals surface area (Å²) < 4.78 is 10.9. The summed E-state index contributed by atoms with van der Waals surface area (Å²) in [5.74, 6) is 0. The zero-order valence-electron chi connectivity index (χ0n) is 12.5. The quantitative estimate of drug-likeness (QED) is 0.419. The first kappa shape index (κ1) is 13.1. The number of benzene rings is 2. The van der Waals surface area contributed by atoms with Gasteiger partial charge in [0.1, 0.15) is 11.2 Å². The van der Waals surface area contributed by atoms with Gasteiger partial charge in [0.25, 0.3) is 0 Å². The molecule has 4 heteroatoms. The van der Waals surface area contributed by atoms with Gasteiger partial charge in [-0.15, -0.1) is 0 Å². The Bertz CT molecular complexity index is 1280. The number of rotatable bonds is 1. The maximum Gasteiger partial charge on any atom is 0.345 e. The topological polar surface area (TPSA) is 56.2 Å². The van der Waals surface area contributed by atoms with E-state index >= 15 is 0 Å². The number of fused-ring (bicyclic) bond motifs is 4. The maximum absolute atomic E-state index is 12.4. The molecule has 3 aromatic heterocycles. The smallest absolute Gasteiger partial charge is 0.345 e. The summed E-state index contributed by atoms with van der Waals surface area (Å²) >= 11 is 0. The molecule has 0 aliphatic carbocycles. The van der Waals surface area contributed by atoms with E-state index in [1.807, 2.05) is 54.6 Å². The van der Waals surface area contributed by atoms with E-state index < -0.39 is 0 Å². The molecule has 0 unspecified atom stereocenters. The number of pyridine rings is 1. The van der Waals surface area contributed by atoms with Crippen molar-refractivity contribution in [2.45, 2.75) is 0 Å². The molecule has 0 fully saturated rings. The van der Waals surface area contributed by atoms with Crippen LogP contribution in [0.25, 0.3) is 44.1 Å². The second-order valence-corrected chi connectivity index (χ2v) is 5.65. The van der Waals surface area contributed by atoms with E-state index in [-0.39, 0.29) is 5.63 Å². The lowest BCUT2D eigenvalue weighted by molar-refractivity contribution is 0.563. The Kier molecular flexibility index (Phi) is 2.61. The lowest BCUT2D eigenvalue weighted by Crippen LogP contribution is -2.03. The average molecular weight is 313 g/mol. The van der Waals surface area contributed by atoms with Gasteiger partial charge in [-0.25, -0.2) is 9.78 Å². The lowest BCUT2D eigenvalue weighted by Gasteiger charge is -2.04. The number of nitrogens with zero attached hydrogens (tertiary/aromatic N) is 1. The summed E-state index contributed by atoms with van der Waals surface area (Å²) in [6, 6.07) is 18.8. The molecule has 2 aromatic carbocycles. The highest BCUT2D eigenvalue weighted by molar-refractivity contribution is 6.03. The fraction of sp³-hybridized carbons (Fsp3) is 0. The summed E-state index contributed by atoms with van der Waals surface area (Å²) in [7, 11) is 0. The molecule has 0 aliphatic heterocycles. The molecule has 4 nitrogen and oxygen atoms in total. The monoisotopic (exact) mass is 313 g/mol. The highest BCUT2D eigenvalue weighted by atomic mass is 16.4. The first-order valence-corrected chi connectivity index (χ1v) is 7.60. The summed E-state index contributed by atoms with van der Waals surface area (Å²) in [5, 5.41) is 2.80. The molecule has 0 aliphatic rings. The molecule has 0 saturated carbocycles. The SMILES string of the molecule is O=c1oc2ccccc2cc1-c1ccc2ccc3occc3c2n1. The molecule has 0 bridgehead atoms. The van der Waals surface area contributed by atoms with Crippen LogP contribution >= 0.6 is 0 Å². The minimum Gasteiger partial charge on any atom is -0.464 e. The molecule has 114 valence electrons. The molecular formula is C20H11NO3. The molecular weight excluding hydrogens is 302 g/mol. The van der Waals surface area contributed by atoms with Crippen molar-refractivity contribution in [2.75, 3.05) is 0 Å². The minimum atomic E-state index is -0.389.